The van der Waals surface area contributed by atoms with Gasteiger partial charge in [0.1, 0.15) is 12.6 Å². The highest BCUT2D eigenvalue weighted by Gasteiger charge is 2.28. The molecule has 146 valence electrons. The van der Waals surface area contributed by atoms with E-state index in [4.69, 9.17) is 23.2 Å². The van der Waals surface area contributed by atoms with Gasteiger partial charge in [-0.2, -0.15) is 0 Å². The van der Waals surface area contributed by atoms with Crippen molar-refractivity contribution in [1.82, 2.24) is 0 Å². The lowest BCUT2D eigenvalue weighted by Gasteiger charge is -2.36. The molecule has 0 aromatic heterocycles. The predicted molar refractivity (Wildman–Crippen MR) is 111 cm³/mol. The third kappa shape index (κ3) is 5.98. The Morgan fingerprint density at radius 2 is 1.88 bits per heavy atom. The number of quaternary nitrogens is 1. The van der Waals surface area contributed by atoms with Gasteiger partial charge >= 0.3 is 0 Å². The fraction of sp³-hybridized carbons (Fsp3) is 0.545. The van der Waals surface area contributed by atoms with Crippen molar-refractivity contribution in [1.29, 1.82) is 0 Å². The van der Waals surface area contributed by atoms with Gasteiger partial charge in [0.05, 0.1) is 19.1 Å². The molecule has 1 unspecified atom stereocenters. The molecule has 0 N–H and O–H groups in total. The Bertz CT molecular complexity index is 689. The van der Waals surface area contributed by atoms with Crippen LogP contribution in [0.4, 0.5) is 0 Å². The van der Waals surface area contributed by atoms with Crippen molar-refractivity contribution >= 4 is 23.2 Å². The smallest absolute Gasteiger partial charge is 0.106 e. The third-order valence-corrected chi connectivity index (χ3v) is 6.37. The van der Waals surface area contributed by atoms with Crippen LogP contribution < -0.4 is 24.0 Å². The molecule has 0 saturated carbocycles. The van der Waals surface area contributed by atoms with Gasteiger partial charge in [0, 0.05) is 10.6 Å². The number of likely N-dealkylation sites (N-methyl/N-ethyl adjacent to an activating group) is 1. The Morgan fingerprint density at radius 3 is 2.46 bits per heavy atom. The lowest BCUT2D eigenvalue weighted by molar-refractivity contribution is -0.919. The third-order valence-electron chi connectivity index (χ3n) is 5.78. The Labute approximate surface area is 187 Å². The van der Waals surface area contributed by atoms with E-state index in [-0.39, 0.29) is 29.4 Å². The Kier molecular flexibility index (Phi) is 8.72. The van der Waals surface area contributed by atoms with Crippen LogP contribution in [-0.2, 0) is 6.54 Å². The Balaban J connectivity index is 0.00000338. The van der Waals surface area contributed by atoms with E-state index >= 15 is 0 Å². The monoisotopic (exact) mass is 507 g/mol. The van der Waals surface area contributed by atoms with Crippen LogP contribution in [0, 0.1) is 5.41 Å². The fourth-order valence-corrected chi connectivity index (χ4v) is 4.18. The van der Waals surface area contributed by atoms with Crippen LogP contribution in [0.5, 0.6) is 0 Å². The predicted octanol–water partition coefficient (Wildman–Crippen LogP) is 4.05. The highest BCUT2D eigenvalue weighted by atomic mass is 127. The van der Waals surface area contributed by atoms with Gasteiger partial charge in [-0.25, -0.2) is 0 Å². The molecule has 2 rings (SSSR count). The van der Waals surface area contributed by atoms with Gasteiger partial charge in [0.15, 0.2) is 0 Å². The van der Waals surface area contributed by atoms with E-state index in [1.54, 1.807) is 5.57 Å². The van der Waals surface area contributed by atoms with Crippen LogP contribution in [-0.4, -0.2) is 24.6 Å². The van der Waals surface area contributed by atoms with Gasteiger partial charge in [-0.3, -0.25) is 0 Å². The molecule has 0 saturated heterocycles. The van der Waals surface area contributed by atoms with Crippen LogP contribution in [0.3, 0.4) is 0 Å². The van der Waals surface area contributed by atoms with Gasteiger partial charge in [-0.05, 0) is 62.3 Å². The number of halogens is 3. The van der Waals surface area contributed by atoms with Crippen LogP contribution >= 0.6 is 23.2 Å². The van der Waals surface area contributed by atoms with Crippen molar-refractivity contribution < 1.29 is 28.5 Å². The average Bonchev–Trinajstić information content (AvgIpc) is 2.48. The number of benzene rings is 1. The zero-order valence-electron chi connectivity index (χ0n) is 16.9. The van der Waals surface area contributed by atoms with Crippen molar-refractivity contribution in [3.8, 4) is 0 Å². The zero-order valence-corrected chi connectivity index (χ0v) is 20.5. The fourth-order valence-electron chi connectivity index (χ4n) is 3.71. The second-order valence-electron chi connectivity index (χ2n) is 8.70. The molecule has 1 aliphatic rings. The molecular formula is C22H32Cl2IN. The number of nitrogens with zero attached hydrogens (tertiary/aromatic N) is 1. The molecule has 4 heteroatoms. The molecule has 1 aromatic carbocycles. The summed E-state index contributed by atoms with van der Waals surface area (Å²) < 4.78 is 0.852. The van der Waals surface area contributed by atoms with E-state index in [0.717, 1.165) is 21.6 Å². The summed E-state index contributed by atoms with van der Waals surface area (Å²) in [5.41, 5.74) is 4.50. The molecule has 1 aromatic rings. The van der Waals surface area contributed by atoms with Crippen LogP contribution in [0.25, 0.3) is 0 Å². The number of rotatable bonds is 5. The maximum absolute atomic E-state index is 6.38. The molecule has 0 radical (unpaired) electrons. The van der Waals surface area contributed by atoms with E-state index in [2.05, 4.69) is 53.9 Å². The summed E-state index contributed by atoms with van der Waals surface area (Å²) in [6.07, 6.45) is 8.56. The highest BCUT2D eigenvalue weighted by Crippen LogP contribution is 2.40. The normalized spacial score (nSPS) is 18.8. The first-order chi connectivity index (χ1) is 11.5. The Morgan fingerprint density at radius 1 is 1.23 bits per heavy atom. The summed E-state index contributed by atoms with van der Waals surface area (Å²) >= 11 is 12.4. The maximum Gasteiger partial charge on any atom is 0.106 e. The minimum atomic E-state index is 0. The molecule has 0 amide bonds. The SMILES string of the molecule is CC1=C(/C=C/C(C)[N+](C)(C)Cc2ccc(Cl)cc2Cl)C(C)(C)CCC1.[I-]. The molecule has 0 fully saturated rings. The molecule has 1 atom stereocenters. The van der Waals surface area contributed by atoms with E-state index in [0.29, 0.717) is 11.1 Å². The average molecular weight is 508 g/mol. The van der Waals surface area contributed by atoms with E-state index in [1.165, 1.54) is 24.8 Å². The lowest BCUT2D eigenvalue weighted by atomic mass is 9.72. The largest absolute Gasteiger partial charge is 1.00 e. The van der Waals surface area contributed by atoms with Crippen LogP contribution in [0.2, 0.25) is 10.0 Å². The van der Waals surface area contributed by atoms with Crippen LogP contribution in [0.15, 0.2) is 41.5 Å². The first kappa shape index (κ1) is 24.0. The first-order valence-electron chi connectivity index (χ1n) is 9.18. The summed E-state index contributed by atoms with van der Waals surface area (Å²) in [5.74, 6) is 0. The quantitative estimate of drug-likeness (QED) is 0.416. The van der Waals surface area contributed by atoms with Crippen molar-refractivity contribution in [3.05, 3.63) is 57.1 Å². The standard InChI is InChI=1S/C22H32Cl2N.HI/c1-16-8-7-13-22(3,4)20(16)12-9-17(2)25(5,6)15-18-10-11-19(23)14-21(18)24;/h9-12,14,17H,7-8,13,15H2,1-6H3;1H/q+1;/p-1/b12-9+;. The van der Waals surface area contributed by atoms with Crippen molar-refractivity contribution in [2.75, 3.05) is 14.1 Å². The molecule has 1 nitrogen and oxygen atoms in total. The molecule has 0 spiro atoms. The number of hydrogen-bond donors (Lipinski definition) is 0. The molecule has 26 heavy (non-hydrogen) atoms. The minimum absolute atomic E-state index is 0. The Hall–Kier alpha value is -0.0300. The second-order valence-corrected chi connectivity index (χ2v) is 9.55. The zero-order chi connectivity index (χ0) is 18.8. The van der Waals surface area contributed by atoms with E-state index in [1.807, 2.05) is 18.2 Å². The topological polar surface area (TPSA) is 0 Å². The summed E-state index contributed by atoms with van der Waals surface area (Å²) in [7, 11) is 4.51. The highest BCUT2D eigenvalue weighted by molar-refractivity contribution is 6.35. The van der Waals surface area contributed by atoms with Gasteiger partial charge < -0.3 is 28.5 Å². The molecule has 0 aliphatic heterocycles. The van der Waals surface area contributed by atoms with Gasteiger partial charge in [-0.1, -0.05) is 54.8 Å². The van der Waals surface area contributed by atoms with Gasteiger partial charge in [0.2, 0.25) is 0 Å². The van der Waals surface area contributed by atoms with Crippen molar-refractivity contribution in [2.24, 2.45) is 5.41 Å². The van der Waals surface area contributed by atoms with E-state index < -0.39 is 0 Å². The summed E-state index contributed by atoms with van der Waals surface area (Å²) in [6.45, 7) is 10.2. The van der Waals surface area contributed by atoms with E-state index in [9.17, 15) is 0 Å². The number of allylic oxidation sites excluding steroid dienone is 3. The molecule has 0 heterocycles. The minimum Gasteiger partial charge on any atom is -1.00 e. The molecular weight excluding hydrogens is 476 g/mol. The summed E-state index contributed by atoms with van der Waals surface area (Å²) in [5, 5.41) is 1.44. The van der Waals surface area contributed by atoms with Gasteiger partial charge in [0.25, 0.3) is 0 Å². The molecule has 1 aliphatic carbocycles. The van der Waals surface area contributed by atoms with Crippen LogP contribution in [0.1, 0.15) is 52.5 Å². The second kappa shape index (κ2) is 9.45. The van der Waals surface area contributed by atoms with Gasteiger partial charge in [-0.15, -0.1) is 0 Å². The number of hydrogen-bond acceptors (Lipinski definition) is 0. The lowest BCUT2D eigenvalue weighted by Crippen LogP contribution is -3.00. The molecule has 0 bridgehead atoms. The van der Waals surface area contributed by atoms with Crippen molar-refractivity contribution in [2.45, 2.75) is 59.5 Å². The maximum atomic E-state index is 6.38. The summed E-state index contributed by atoms with van der Waals surface area (Å²) in [6, 6.07) is 6.18. The van der Waals surface area contributed by atoms with Crippen molar-refractivity contribution in [3.63, 3.8) is 0 Å². The summed E-state index contributed by atoms with van der Waals surface area (Å²) in [4.78, 5) is 0. The first-order valence-corrected chi connectivity index (χ1v) is 9.93.